The molecule has 0 aliphatic heterocycles. The normalized spacial score (nSPS) is 11.5. The van der Waals surface area contributed by atoms with Crippen molar-refractivity contribution in [2.45, 2.75) is 31.2 Å². The van der Waals surface area contributed by atoms with Gasteiger partial charge in [0, 0.05) is 31.9 Å². The van der Waals surface area contributed by atoms with Gasteiger partial charge in [-0.25, -0.2) is 22.9 Å². The lowest BCUT2D eigenvalue weighted by Gasteiger charge is -2.10. The van der Waals surface area contributed by atoms with Crippen LogP contribution in [0.1, 0.15) is 29.5 Å². The number of nitrogens with one attached hydrogen (secondary N) is 1. The molecule has 0 unspecified atom stereocenters. The summed E-state index contributed by atoms with van der Waals surface area (Å²) in [7, 11) is -3.85. The highest BCUT2D eigenvalue weighted by Gasteiger charge is 2.21. The van der Waals surface area contributed by atoms with E-state index in [4.69, 9.17) is 5.11 Å². The summed E-state index contributed by atoms with van der Waals surface area (Å²) in [4.78, 5) is 15.1. The number of hydrogen-bond acceptors (Lipinski definition) is 4. The van der Waals surface area contributed by atoms with Crippen molar-refractivity contribution in [1.29, 1.82) is 0 Å². The maximum Gasteiger partial charge on any atom is 0.337 e. The highest BCUT2D eigenvalue weighted by atomic mass is 32.2. The summed E-state index contributed by atoms with van der Waals surface area (Å²) < 4.78 is 28.9. The zero-order valence-corrected chi connectivity index (χ0v) is 13.6. The Morgan fingerprint density at radius 1 is 1.35 bits per heavy atom. The van der Waals surface area contributed by atoms with Crippen LogP contribution in [0.3, 0.4) is 0 Å². The molecule has 0 saturated carbocycles. The molecule has 0 aliphatic carbocycles. The van der Waals surface area contributed by atoms with Gasteiger partial charge in [-0.2, -0.15) is 0 Å². The first-order valence-corrected chi connectivity index (χ1v) is 8.76. The zero-order chi connectivity index (χ0) is 16.9. The Morgan fingerprint density at radius 2 is 2.09 bits per heavy atom. The molecule has 0 amide bonds. The van der Waals surface area contributed by atoms with E-state index >= 15 is 0 Å². The summed E-state index contributed by atoms with van der Waals surface area (Å²) in [5.74, 6) is -0.318. The van der Waals surface area contributed by atoms with E-state index in [1.165, 1.54) is 24.3 Å². The number of aromatic nitrogens is 2. The van der Waals surface area contributed by atoms with Gasteiger partial charge < -0.3 is 9.67 Å². The highest BCUT2D eigenvalue weighted by Crippen LogP contribution is 2.15. The van der Waals surface area contributed by atoms with Crippen LogP contribution in [0.2, 0.25) is 0 Å². The molecule has 0 spiro atoms. The lowest BCUT2D eigenvalue weighted by atomic mass is 10.2. The van der Waals surface area contributed by atoms with E-state index in [0.717, 1.165) is 12.2 Å². The van der Waals surface area contributed by atoms with E-state index in [0.29, 0.717) is 13.0 Å². The molecule has 0 fully saturated rings. The number of aromatic carboxylic acids is 1. The molecular weight excluding hydrogens is 318 g/mol. The average Bonchev–Trinajstić information content (AvgIpc) is 2.99. The molecule has 7 nitrogen and oxygen atoms in total. The number of nitrogens with zero attached hydrogens (tertiary/aromatic N) is 2. The first-order chi connectivity index (χ1) is 11.0. The van der Waals surface area contributed by atoms with Gasteiger partial charge in [0.1, 0.15) is 5.82 Å². The molecule has 1 heterocycles. The van der Waals surface area contributed by atoms with Crippen LogP contribution in [-0.2, 0) is 23.0 Å². The van der Waals surface area contributed by atoms with Crippen LogP contribution in [-0.4, -0.2) is 35.6 Å². The average molecular weight is 337 g/mol. The fraction of sp³-hybridized carbons (Fsp3) is 0.333. The maximum absolute atomic E-state index is 12.2. The summed E-state index contributed by atoms with van der Waals surface area (Å²) >= 11 is 0. The molecule has 0 aliphatic rings. The Labute approximate surface area is 135 Å². The number of carboxylic acids is 1. The van der Waals surface area contributed by atoms with Crippen molar-refractivity contribution in [2.24, 2.45) is 0 Å². The van der Waals surface area contributed by atoms with Gasteiger partial charge in [-0.05, 0) is 18.6 Å². The molecule has 0 saturated heterocycles. The molecule has 1 aromatic carbocycles. The second-order valence-electron chi connectivity index (χ2n) is 4.94. The molecule has 1 aromatic heterocycles. The van der Waals surface area contributed by atoms with E-state index in [1.807, 2.05) is 17.7 Å². The molecule has 124 valence electrons. The van der Waals surface area contributed by atoms with Gasteiger partial charge >= 0.3 is 5.97 Å². The number of rotatable bonds is 8. The van der Waals surface area contributed by atoms with Gasteiger partial charge in [-0.15, -0.1) is 0 Å². The third-order valence-corrected chi connectivity index (χ3v) is 4.91. The summed E-state index contributed by atoms with van der Waals surface area (Å²) in [6.07, 6.45) is 4.96. The van der Waals surface area contributed by atoms with Gasteiger partial charge in [-0.1, -0.05) is 19.1 Å². The summed E-state index contributed by atoms with van der Waals surface area (Å²) in [5.41, 5.74) is -0.233. The largest absolute Gasteiger partial charge is 0.478 e. The molecule has 0 radical (unpaired) electrons. The van der Waals surface area contributed by atoms with Crippen LogP contribution in [0.5, 0.6) is 0 Å². The topological polar surface area (TPSA) is 101 Å². The van der Waals surface area contributed by atoms with Crippen molar-refractivity contribution >= 4 is 16.0 Å². The second kappa shape index (κ2) is 7.38. The van der Waals surface area contributed by atoms with E-state index in [9.17, 15) is 13.2 Å². The van der Waals surface area contributed by atoms with Gasteiger partial charge in [0.25, 0.3) is 0 Å². The Hall–Kier alpha value is -2.19. The second-order valence-corrected chi connectivity index (χ2v) is 6.68. The summed E-state index contributed by atoms with van der Waals surface area (Å²) in [5, 5.41) is 9.08. The quantitative estimate of drug-likeness (QED) is 0.711. The van der Waals surface area contributed by atoms with Crippen LogP contribution in [0.25, 0.3) is 0 Å². The minimum absolute atomic E-state index is 0.218. The van der Waals surface area contributed by atoms with Crippen molar-refractivity contribution in [3.63, 3.8) is 0 Å². The zero-order valence-electron chi connectivity index (χ0n) is 12.8. The number of imidazole rings is 1. The van der Waals surface area contributed by atoms with Crippen LogP contribution >= 0.6 is 0 Å². The van der Waals surface area contributed by atoms with E-state index in [1.54, 1.807) is 6.20 Å². The van der Waals surface area contributed by atoms with Crippen molar-refractivity contribution < 1.29 is 18.3 Å². The monoisotopic (exact) mass is 337 g/mol. The maximum atomic E-state index is 12.2. The Kier molecular flexibility index (Phi) is 5.51. The molecular formula is C15H19N3O4S. The Morgan fingerprint density at radius 3 is 2.78 bits per heavy atom. The lowest BCUT2D eigenvalue weighted by molar-refractivity contribution is 0.0692. The number of sulfonamides is 1. The van der Waals surface area contributed by atoms with Gasteiger partial charge in [0.15, 0.2) is 0 Å². The fourth-order valence-electron chi connectivity index (χ4n) is 2.27. The Bertz CT molecular complexity index is 784. The molecule has 23 heavy (non-hydrogen) atoms. The van der Waals surface area contributed by atoms with E-state index in [2.05, 4.69) is 9.71 Å². The molecule has 2 rings (SSSR count). The standard InChI is InChI=1S/C15H19N3O4S/c1-2-14-16-9-11-18(14)10-5-8-17-23(21,22)13-7-4-3-6-12(13)15(19)20/h3-4,6-7,9,11,17H,2,5,8,10H2,1H3,(H,19,20). The van der Waals surface area contributed by atoms with Crippen molar-refractivity contribution in [3.05, 3.63) is 48.0 Å². The van der Waals surface area contributed by atoms with E-state index < -0.39 is 16.0 Å². The Balaban J connectivity index is 1.99. The van der Waals surface area contributed by atoms with Crippen molar-refractivity contribution in [3.8, 4) is 0 Å². The number of carbonyl (C=O) groups is 1. The van der Waals surface area contributed by atoms with Crippen LogP contribution < -0.4 is 4.72 Å². The summed E-state index contributed by atoms with van der Waals surface area (Å²) in [6.45, 7) is 2.87. The molecule has 2 aromatic rings. The third-order valence-electron chi connectivity index (χ3n) is 3.39. The highest BCUT2D eigenvalue weighted by molar-refractivity contribution is 7.89. The lowest BCUT2D eigenvalue weighted by Crippen LogP contribution is -2.27. The number of carboxylic acid groups (broad SMARTS) is 1. The molecule has 0 atom stereocenters. The minimum Gasteiger partial charge on any atom is -0.478 e. The number of aryl methyl sites for hydroxylation is 2. The van der Waals surface area contributed by atoms with Crippen molar-refractivity contribution in [1.82, 2.24) is 14.3 Å². The molecule has 0 bridgehead atoms. The smallest absolute Gasteiger partial charge is 0.337 e. The van der Waals surface area contributed by atoms with Crippen LogP contribution in [0.15, 0.2) is 41.6 Å². The summed E-state index contributed by atoms with van der Waals surface area (Å²) in [6, 6.07) is 5.56. The number of hydrogen-bond donors (Lipinski definition) is 2. The van der Waals surface area contributed by atoms with E-state index in [-0.39, 0.29) is 17.0 Å². The third kappa shape index (κ3) is 4.17. The molecule has 8 heteroatoms. The minimum atomic E-state index is -3.85. The van der Waals surface area contributed by atoms with Crippen molar-refractivity contribution in [2.75, 3.05) is 6.54 Å². The van der Waals surface area contributed by atoms with Crippen LogP contribution in [0.4, 0.5) is 0 Å². The number of benzene rings is 1. The fourth-order valence-corrected chi connectivity index (χ4v) is 3.54. The predicted octanol–water partition coefficient (Wildman–Crippen LogP) is 1.51. The van der Waals surface area contributed by atoms with Gasteiger partial charge in [0.2, 0.25) is 10.0 Å². The SMILES string of the molecule is CCc1nccn1CCCNS(=O)(=O)c1ccccc1C(=O)O. The first-order valence-electron chi connectivity index (χ1n) is 7.27. The first kappa shape index (κ1) is 17.2. The molecule has 2 N–H and O–H groups in total. The van der Waals surface area contributed by atoms with Gasteiger partial charge in [-0.3, -0.25) is 0 Å². The van der Waals surface area contributed by atoms with Gasteiger partial charge in [0.05, 0.1) is 10.5 Å². The van der Waals surface area contributed by atoms with Crippen LogP contribution in [0, 0.1) is 0 Å². The predicted molar refractivity (Wildman–Crippen MR) is 84.8 cm³/mol.